The Hall–Kier alpha value is -1.96. The van der Waals surface area contributed by atoms with E-state index in [0.717, 1.165) is 19.3 Å². The molecule has 1 aliphatic carbocycles. The van der Waals surface area contributed by atoms with Gasteiger partial charge in [0.05, 0.1) is 12.1 Å². The molecule has 2 amide bonds. The van der Waals surface area contributed by atoms with Crippen LogP contribution in [0.1, 0.15) is 51.6 Å². The number of hydrogen-bond donors (Lipinski definition) is 3. The fourth-order valence-electron chi connectivity index (χ4n) is 2.72. The number of nitrogens with one attached hydrogen (secondary N) is 2. The molecule has 1 saturated carbocycles. The zero-order chi connectivity index (χ0) is 17.7. The Bertz CT molecular complexity index is 621. The molecule has 1 aliphatic rings. The first-order valence-electron chi connectivity index (χ1n) is 8.12. The summed E-state index contributed by atoms with van der Waals surface area (Å²) in [6.45, 7) is 3.57. The summed E-state index contributed by atoms with van der Waals surface area (Å²) >= 11 is 1.25. The third-order valence-electron chi connectivity index (χ3n) is 4.14. The molecule has 0 aliphatic heterocycles. The average Bonchev–Trinajstić information content (AvgIpc) is 2.94. The highest BCUT2D eigenvalue weighted by molar-refractivity contribution is 7.13. The number of aromatic nitrogens is 1. The highest BCUT2D eigenvalue weighted by atomic mass is 32.1. The van der Waals surface area contributed by atoms with Crippen LogP contribution in [0.3, 0.4) is 0 Å². The van der Waals surface area contributed by atoms with E-state index in [0.29, 0.717) is 23.7 Å². The minimum atomic E-state index is -1.15. The van der Waals surface area contributed by atoms with Gasteiger partial charge in [-0.05, 0) is 12.8 Å². The van der Waals surface area contributed by atoms with Gasteiger partial charge in [0.25, 0.3) is 0 Å². The van der Waals surface area contributed by atoms with Gasteiger partial charge in [-0.15, -0.1) is 11.3 Å². The summed E-state index contributed by atoms with van der Waals surface area (Å²) in [6, 6.07) is 0. The van der Waals surface area contributed by atoms with E-state index in [1.165, 1.54) is 11.3 Å². The summed E-state index contributed by atoms with van der Waals surface area (Å²) in [7, 11) is 0. The minimum absolute atomic E-state index is 0.00305. The second kappa shape index (κ2) is 7.74. The van der Waals surface area contributed by atoms with Crippen molar-refractivity contribution in [2.24, 2.45) is 5.92 Å². The van der Waals surface area contributed by atoms with Crippen LogP contribution in [0, 0.1) is 5.92 Å². The molecule has 2 rings (SSSR count). The van der Waals surface area contributed by atoms with Crippen LogP contribution in [0.4, 0.5) is 5.13 Å². The van der Waals surface area contributed by atoms with Crippen LogP contribution < -0.4 is 10.6 Å². The van der Waals surface area contributed by atoms with Crippen LogP contribution in [0.25, 0.3) is 0 Å². The topological polar surface area (TPSA) is 108 Å². The van der Waals surface area contributed by atoms with E-state index in [4.69, 9.17) is 0 Å². The number of rotatable bonds is 6. The summed E-state index contributed by atoms with van der Waals surface area (Å²) in [5, 5.41) is 17.0. The van der Waals surface area contributed by atoms with E-state index in [2.05, 4.69) is 15.6 Å². The first-order chi connectivity index (χ1) is 11.3. The number of thiazole rings is 1. The number of aliphatic carboxylic acids is 1. The van der Waals surface area contributed by atoms with Gasteiger partial charge in [0.1, 0.15) is 5.54 Å². The van der Waals surface area contributed by atoms with Crippen LogP contribution >= 0.6 is 11.3 Å². The van der Waals surface area contributed by atoms with Crippen molar-refractivity contribution in [2.75, 3.05) is 5.32 Å². The van der Waals surface area contributed by atoms with Crippen LogP contribution in [0.2, 0.25) is 0 Å². The predicted octanol–water partition coefficient (Wildman–Crippen LogP) is 2.18. The van der Waals surface area contributed by atoms with E-state index in [-0.39, 0.29) is 24.2 Å². The molecule has 1 aromatic heterocycles. The number of anilines is 1. The van der Waals surface area contributed by atoms with Crippen molar-refractivity contribution in [3.05, 3.63) is 11.1 Å². The molecule has 7 nitrogen and oxygen atoms in total. The molecule has 0 saturated heterocycles. The molecule has 132 valence electrons. The zero-order valence-electron chi connectivity index (χ0n) is 13.9. The molecule has 1 aromatic rings. The van der Waals surface area contributed by atoms with Gasteiger partial charge in [-0.2, -0.15) is 0 Å². The molecule has 1 fully saturated rings. The van der Waals surface area contributed by atoms with E-state index >= 15 is 0 Å². The van der Waals surface area contributed by atoms with Gasteiger partial charge in [-0.25, -0.2) is 9.78 Å². The third-order valence-corrected chi connectivity index (χ3v) is 4.95. The molecule has 0 bridgehead atoms. The Morgan fingerprint density at radius 3 is 2.54 bits per heavy atom. The Kier molecular flexibility index (Phi) is 5.93. The monoisotopic (exact) mass is 353 g/mol. The van der Waals surface area contributed by atoms with Gasteiger partial charge in [0.2, 0.25) is 11.8 Å². The predicted molar refractivity (Wildman–Crippen MR) is 90.9 cm³/mol. The van der Waals surface area contributed by atoms with E-state index in [9.17, 15) is 19.5 Å². The maximum atomic E-state index is 12.2. The van der Waals surface area contributed by atoms with Gasteiger partial charge in [0, 0.05) is 11.3 Å². The Labute approximate surface area is 144 Å². The van der Waals surface area contributed by atoms with E-state index in [1.54, 1.807) is 19.2 Å². The molecular formula is C16H23N3O4S. The van der Waals surface area contributed by atoms with Crippen molar-refractivity contribution in [2.45, 2.75) is 57.9 Å². The molecule has 8 heteroatoms. The lowest BCUT2D eigenvalue weighted by atomic mass is 9.81. The highest BCUT2D eigenvalue weighted by Crippen LogP contribution is 2.28. The molecule has 0 spiro atoms. The molecule has 0 atom stereocenters. The summed E-state index contributed by atoms with van der Waals surface area (Å²) in [5.41, 5.74) is -0.632. The highest BCUT2D eigenvalue weighted by Gasteiger charge is 2.40. The molecule has 3 N–H and O–H groups in total. The Balaban J connectivity index is 1.95. The number of amides is 2. The smallest absolute Gasteiger partial charge is 0.329 e. The molecular weight excluding hydrogens is 330 g/mol. The maximum absolute atomic E-state index is 12.2. The molecule has 0 aromatic carbocycles. The van der Waals surface area contributed by atoms with Crippen LogP contribution in [-0.2, 0) is 20.8 Å². The summed E-state index contributed by atoms with van der Waals surface area (Å²) < 4.78 is 0. The van der Waals surface area contributed by atoms with Crippen molar-refractivity contribution in [1.82, 2.24) is 10.3 Å². The first-order valence-corrected chi connectivity index (χ1v) is 9.00. The zero-order valence-corrected chi connectivity index (χ0v) is 14.7. The second-order valence-corrected chi connectivity index (χ2v) is 7.32. The third kappa shape index (κ3) is 4.53. The lowest BCUT2D eigenvalue weighted by molar-refractivity contribution is -0.149. The van der Waals surface area contributed by atoms with Crippen molar-refractivity contribution < 1.29 is 19.5 Å². The quantitative estimate of drug-likeness (QED) is 0.726. The lowest BCUT2D eigenvalue weighted by Gasteiger charge is -2.33. The number of carboxylic acid groups (broad SMARTS) is 1. The fraction of sp³-hybridized carbons (Fsp3) is 0.625. The first kappa shape index (κ1) is 18.4. The number of carbonyl (C=O) groups excluding carboxylic acids is 2. The summed E-state index contributed by atoms with van der Waals surface area (Å²) in [6.07, 6.45) is 3.52. The number of carboxylic acids is 1. The fourth-order valence-corrected chi connectivity index (χ4v) is 3.43. The van der Waals surface area contributed by atoms with Crippen LogP contribution in [0.15, 0.2) is 5.38 Å². The van der Waals surface area contributed by atoms with E-state index < -0.39 is 11.5 Å². The van der Waals surface area contributed by atoms with Gasteiger partial charge in [0.15, 0.2) is 5.13 Å². The lowest BCUT2D eigenvalue weighted by Crippen LogP contribution is -2.56. The largest absolute Gasteiger partial charge is 0.480 e. The van der Waals surface area contributed by atoms with Crippen molar-refractivity contribution in [3.8, 4) is 0 Å². The SMILES string of the molecule is CC(C)C(=O)Nc1nc(CC(=O)NC2(C(=O)O)CCCCC2)cs1. The Morgan fingerprint density at radius 2 is 1.96 bits per heavy atom. The Morgan fingerprint density at radius 1 is 1.29 bits per heavy atom. The normalized spacial score (nSPS) is 16.6. The number of nitrogens with zero attached hydrogens (tertiary/aromatic N) is 1. The molecule has 0 unspecified atom stereocenters. The number of hydrogen-bond acceptors (Lipinski definition) is 5. The second-order valence-electron chi connectivity index (χ2n) is 6.46. The van der Waals surface area contributed by atoms with Crippen molar-refractivity contribution in [3.63, 3.8) is 0 Å². The maximum Gasteiger partial charge on any atom is 0.329 e. The van der Waals surface area contributed by atoms with Gasteiger partial charge in [-0.1, -0.05) is 33.1 Å². The minimum Gasteiger partial charge on any atom is -0.480 e. The van der Waals surface area contributed by atoms with Crippen molar-refractivity contribution in [1.29, 1.82) is 0 Å². The van der Waals surface area contributed by atoms with E-state index in [1.807, 2.05) is 0 Å². The van der Waals surface area contributed by atoms with Crippen LogP contribution in [-0.4, -0.2) is 33.4 Å². The van der Waals surface area contributed by atoms with Gasteiger partial charge >= 0.3 is 5.97 Å². The number of carbonyl (C=O) groups is 3. The molecule has 1 heterocycles. The van der Waals surface area contributed by atoms with Gasteiger partial charge in [-0.3, -0.25) is 9.59 Å². The molecule has 24 heavy (non-hydrogen) atoms. The molecule has 0 radical (unpaired) electrons. The summed E-state index contributed by atoms with van der Waals surface area (Å²) in [5.74, 6) is -1.61. The van der Waals surface area contributed by atoms with Crippen molar-refractivity contribution >= 4 is 34.3 Å². The summed E-state index contributed by atoms with van der Waals surface area (Å²) in [4.78, 5) is 39.7. The van der Waals surface area contributed by atoms with Crippen LogP contribution in [0.5, 0.6) is 0 Å². The van der Waals surface area contributed by atoms with Gasteiger partial charge < -0.3 is 15.7 Å². The average molecular weight is 353 g/mol. The standard InChI is InChI=1S/C16H23N3O4S/c1-10(2)13(21)18-15-17-11(9-24-15)8-12(20)19-16(14(22)23)6-4-3-5-7-16/h9-10H,3-8H2,1-2H3,(H,19,20)(H,22,23)(H,17,18,21).